The van der Waals surface area contributed by atoms with Crippen molar-refractivity contribution in [3.8, 4) is 0 Å². The van der Waals surface area contributed by atoms with Gasteiger partial charge in [-0.2, -0.15) is 22.0 Å². The lowest BCUT2D eigenvalue weighted by molar-refractivity contribution is -0.284. The van der Waals surface area contributed by atoms with E-state index in [-0.39, 0.29) is 12.3 Å². The first-order valence-corrected chi connectivity index (χ1v) is 12.1. The molecule has 186 valence electrons. The maximum atomic E-state index is 12.7. The molecule has 0 aromatic heterocycles. The normalized spacial score (nSPS) is 12.9. The lowest BCUT2D eigenvalue weighted by Crippen LogP contribution is -2.36. The van der Waals surface area contributed by atoms with Crippen LogP contribution >= 0.6 is 0 Å². The van der Waals surface area contributed by atoms with Gasteiger partial charge in [-0.1, -0.05) is 90.7 Å². The van der Waals surface area contributed by atoms with E-state index in [0.717, 1.165) is 44.4 Å². The molecule has 5 heteroatoms. The van der Waals surface area contributed by atoms with Gasteiger partial charge in [0.2, 0.25) is 0 Å². The lowest BCUT2D eigenvalue weighted by atomic mass is 9.96. The van der Waals surface area contributed by atoms with Crippen molar-refractivity contribution in [2.45, 2.75) is 129 Å². The molecule has 0 aliphatic heterocycles. The zero-order valence-electron chi connectivity index (χ0n) is 20.2. The van der Waals surface area contributed by atoms with Crippen LogP contribution in [0.3, 0.4) is 0 Å². The topological polar surface area (TPSA) is 0 Å². The molecule has 1 unspecified atom stereocenters. The number of rotatable bonds is 18. The van der Waals surface area contributed by atoms with Crippen LogP contribution in [0.5, 0.6) is 0 Å². The summed E-state index contributed by atoms with van der Waals surface area (Å²) in [5, 5.41) is 0. The van der Waals surface area contributed by atoms with Crippen molar-refractivity contribution in [2.75, 3.05) is 0 Å². The van der Waals surface area contributed by atoms with Crippen molar-refractivity contribution in [2.24, 2.45) is 11.8 Å². The minimum Gasteiger partial charge on any atom is -0.196 e. The molecule has 0 aromatic carbocycles. The Balaban J connectivity index is 0. The molecular weight excluding hydrogens is 407 g/mol. The standard InChI is InChI=1S/C15H25F5.C11H22/c1-3-4-5-6-7-8-10-13(2)11-9-12-14(16,17)15(18,19)20;1-4-5-6-7-8-9-10-11(2)3/h3,13H,1,4-12H2,2H3;4,11H,1,5-10H2,2-3H3. The van der Waals surface area contributed by atoms with Crippen LogP contribution in [0, 0.1) is 11.8 Å². The maximum Gasteiger partial charge on any atom is 0.453 e. The Labute approximate surface area is 188 Å². The molecule has 0 amide bonds. The van der Waals surface area contributed by atoms with Gasteiger partial charge in [0, 0.05) is 6.42 Å². The van der Waals surface area contributed by atoms with Crippen molar-refractivity contribution in [1.82, 2.24) is 0 Å². The van der Waals surface area contributed by atoms with Crippen molar-refractivity contribution < 1.29 is 22.0 Å². The summed E-state index contributed by atoms with van der Waals surface area (Å²) >= 11 is 0. The van der Waals surface area contributed by atoms with Gasteiger partial charge in [-0.25, -0.2) is 0 Å². The monoisotopic (exact) mass is 454 g/mol. The molecule has 0 radical (unpaired) electrons. The first-order valence-electron chi connectivity index (χ1n) is 12.1. The molecule has 0 spiro atoms. The third kappa shape index (κ3) is 22.1. The first-order chi connectivity index (χ1) is 14.5. The van der Waals surface area contributed by atoms with Crippen molar-refractivity contribution in [3.63, 3.8) is 0 Å². The molecule has 1 atom stereocenters. The second-order valence-electron chi connectivity index (χ2n) is 9.15. The highest BCUT2D eigenvalue weighted by Gasteiger charge is 2.56. The van der Waals surface area contributed by atoms with Crippen LogP contribution in [0.25, 0.3) is 0 Å². The number of unbranched alkanes of at least 4 members (excludes halogenated alkanes) is 8. The number of allylic oxidation sites excluding steroid dienone is 2. The molecule has 31 heavy (non-hydrogen) atoms. The lowest BCUT2D eigenvalue weighted by Gasteiger charge is -2.20. The van der Waals surface area contributed by atoms with E-state index in [9.17, 15) is 22.0 Å². The number of alkyl halides is 5. The summed E-state index contributed by atoms with van der Waals surface area (Å²) in [7, 11) is 0. The van der Waals surface area contributed by atoms with E-state index < -0.39 is 18.5 Å². The number of hydrogen-bond donors (Lipinski definition) is 0. The minimum absolute atomic E-state index is 0.0792. The highest BCUT2D eigenvalue weighted by molar-refractivity contribution is 4.75. The average molecular weight is 455 g/mol. The van der Waals surface area contributed by atoms with Crippen LogP contribution in [-0.4, -0.2) is 12.1 Å². The molecule has 0 N–H and O–H groups in total. The van der Waals surface area contributed by atoms with E-state index in [0.29, 0.717) is 6.42 Å². The van der Waals surface area contributed by atoms with Gasteiger partial charge in [-0.3, -0.25) is 0 Å². The van der Waals surface area contributed by atoms with Crippen LogP contribution in [0.4, 0.5) is 22.0 Å². The van der Waals surface area contributed by atoms with Gasteiger partial charge < -0.3 is 0 Å². The largest absolute Gasteiger partial charge is 0.453 e. The first kappa shape index (κ1) is 32.3. The molecule has 0 rings (SSSR count). The summed E-state index contributed by atoms with van der Waals surface area (Å²) in [4.78, 5) is 0. The second-order valence-corrected chi connectivity index (χ2v) is 9.15. The van der Waals surface area contributed by atoms with E-state index >= 15 is 0 Å². The van der Waals surface area contributed by atoms with E-state index in [1.165, 1.54) is 38.5 Å². The van der Waals surface area contributed by atoms with E-state index in [2.05, 4.69) is 27.0 Å². The predicted octanol–water partition coefficient (Wildman–Crippen LogP) is 10.7. The Morgan fingerprint density at radius 1 is 0.613 bits per heavy atom. The molecule has 0 aliphatic rings. The molecule has 0 bridgehead atoms. The van der Waals surface area contributed by atoms with Gasteiger partial charge in [0.05, 0.1) is 0 Å². The highest BCUT2D eigenvalue weighted by Crippen LogP contribution is 2.39. The maximum absolute atomic E-state index is 12.7. The summed E-state index contributed by atoms with van der Waals surface area (Å²) in [5.74, 6) is -3.45. The van der Waals surface area contributed by atoms with Crippen LogP contribution in [0.15, 0.2) is 25.3 Å². The Morgan fingerprint density at radius 3 is 1.45 bits per heavy atom. The van der Waals surface area contributed by atoms with Crippen LogP contribution < -0.4 is 0 Å². The summed E-state index contributed by atoms with van der Waals surface area (Å²) in [6, 6.07) is 0. The fourth-order valence-electron chi connectivity index (χ4n) is 3.29. The van der Waals surface area contributed by atoms with Gasteiger partial charge in [-0.05, 0) is 43.9 Å². The molecular formula is C26H47F5. The summed E-state index contributed by atoms with van der Waals surface area (Å²) in [6.07, 6.45) is 12.1. The third-order valence-electron chi connectivity index (χ3n) is 5.40. The fourth-order valence-corrected chi connectivity index (χ4v) is 3.29. The van der Waals surface area contributed by atoms with Gasteiger partial charge >= 0.3 is 12.1 Å². The Hall–Kier alpha value is -0.870. The molecule has 0 aliphatic carbocycles. The number of hydrogen-bond acceptors (Lipinski definition) is 0. The van der Waals surface area contributed by atoms with Gasteiger partial charge in [0.15, 0.2) is 0 Å². The average Bonchev–Trinajstić information content (AvgIpc) is 2.66. The molecule has 0 aromatic rings. The highest BCUT2D eigenvalue weighted by atomic mass is 19.4. The zero-order chi connectivity index (χ0) is 24.2. The van der Waals surface area contributed by atoms with Crippen LogP contribution in [0.2, 0.25) is 0 Å². The Kier molecular flexibility index (Phi) is 20.6. The van der Waals surface area contributed by atoms with Gasteiger partial charge in [-0.15, -0.1) is 13.2 Å². The van der Waals surface area contributed by atoms with Crippen LogP contribution in [0.1, 0.15) is 117 Å². The summed E-state index contributed by atoms with van der Waals surface area (Å²) < 4.78 is 61.2. The van der Waals surface area contributed by atoms with E-state index in [1.807, 2.05) is 19.1 Å². The van der Waals surface area contributed by atoms with Gasteiger partial charge in [0.25, 0.3) is 0 Å². The SMILES string of the molecule is C=CCCCCCCC(C)C.C=CCCCCCCC(C)CCCC(F)(F)C(F)(F)F. The summed E-state index contributed by atoms with van der Waals surface area (Å²) in [6.45, 7) is 13.8. The zero-order valence-corrected chi connectivity index (χ0v) is 20.2. The molecule has 0 heterocycles. The van der Waals surface area contributed by atoms with Crippen molar-refractivity contribution in [3.05, 3.63) is 25.3 Å². The van der Waals surface area contributed by atoms with Crippen molar-refractivity contribution >= 4 is 0 Å². The molecule has 0 nitrogen and oxygen atoms in total. The summed E-state index contributed by atoms with van der Waals surface area (Å²) in [5.41, 5.74) is 0. The van der Waals surface area contributed by atoms with E-state index in [4.69, 9.17) is 0 Å². The quantitative estimate of drug-likeness (QED) is 0.110. The third-order valence-corrected chi connectivity index (χ3v) is 5.40. The molecule has 0 fully saturated rings. The smallest absolute Gasteiger partial charge is 0.196 e. The fraction of sp³-hybridized carbons (Fsp3) is 0.846. The Bertz CT molecular complexity index is 413. The molecule has 0 saturated heterocycles. The number of halogens is 5. The molecule has 0 saturated carbocycles. The van der Waals surface area contributed by atoms with E-state index in [1.54, 1.807) is 0 Å². The van der Waals surface area contributed by atoms with Crippen molar-refractivity contribution in [1.29, 1.82) is 0 Å². The Morgan fingerprint density at radius 2 is 1.03 bits per heavy atom. The van der Waals surface area contributed by atoms with Crippen LogP contribution in [-0.2, 0) is 0 Å². The van der Waals surface area contributed by atoms with Gasteiger partial charge in [0.1, 0.15) is 0 Å². The predicted molar refractivity (Wildman–Crippen MR) is 125 cm³/mol. The minimum atomic E-state index is -5.42. The second kappa shape index (κ2) is 19.8.